The van der Waals surface area contributed by atoms with Crippen LogP contribution in [0.5, 0.6) is 5.75 Å². The number of nitrogens with two attached hydrogens (primary N) is 1. The number of ether oxygens (including phenoxy) is 3. The Bertz CT molecular complexity index is 807. The van der Waals surface area contributed by atoms with Crippen molar-refractivity contribution in [3.63, 3.8) is 0 Å². The average Bonchev–Trinajstić information content (AvgIpc) is 2.86. The molecule has 0 spiro atoms. The third kappa shape index (κ3) is 16.9. The van der Waals surface area contributed by atoms with Crippen LogP contribution in [0.2, 0.25) is 0 Å². The van der Waals surface area contributed by atoms with E-state index >= 15 is 0 Å². The molecule has 1 aromatic carbocycles. The van der Waals surface area contributed by atoms with Crippen molar-refractivity contribution in [1.29, 1.82) is 0 Å². The van der Waals surface area contributed by atoms with Gasteiger partial charge in [0.05, 0.1) is 19.8 Å². The summed E-state index contributed by atoms with van der Waals surface area (Å²) in [4.78, 5) is 24.0. The van der Waals surface area contributed by atoms with Crippen LogP contribution < -0.4 is 26.4 Å². The lowest BCUT2D eigenvalue weighted by Crippen LogP contribution is -2.33. The molecule has 202 valence electrons. The summed E-state index contributed by atoms with van der Waals surface area (Å²) in [7, 11) is 0. The van der Waals surface area contributed by atoms with Crippen LogP contribution in [0, 0.1) is 17.8 Å². The largest absolute Gasteiger partial charge is 0.489 e. The molecule has 9 heteroatoms. The SMILES string of the molecule is CCCCCCNCCNC(=O)c1cccc(OCC(N)OCCOCC(=O)NCC#CC(C)C)c1. The van der Waals surface area contributed by atoms with Gasteiger partial charge in [0.25, 0.3) is 5.91 Å². The van der Waals surface area contributed by atoms with Crippen molar-refractivity contribution in [2.24, 2.45) is 11.7 Å². The molecular weight excluding hydrogens is 460 g/mol. The number of unbranched alkanes of at least 4 members (excludes halogenated alkanes) is 3. The maximum atomic E-state index is 12.4. The fraction of sp³-hybridized carbons (Fsp3) is 0.630. The van der Waals surface area contributed by atoms with Gasteiger partial charge in [0, 0.05) is 24.6 Å². The molecule has 0 bridgehead atoms. The smallest absolute Gasteiger partial charge is 0.251 e. The van der Waals surface area contributed by atoms with Crippen LogP contribution in [-0.2, 0) is 14.3 Å². The Morgan fingerprint density at radius 2 is 1.89 bits per heavy atom. The van der Waals surface area contributed by atoms with Gasteiger partial charge in [-0.05, 0) is 31.2 Å². The van der Waals surface area contributed by atoms with Crippen LogP contribution in [-0.4, -0.2) is 70.6 Å². The zero-order valence-corrected chi connectivity index (χ0v) is 22.1. The third-order valence-electron chi connectivity index (χ3n) is 4.86. The van der Waals surface area contributed by atoms with Gasteiger partial charge in [-0.1, -0.05) is 57.9 Å². The van der Waals surface area contributed by atoms with E-state index in [1.54, 1.807) is 24.3 Å². The summed E-state index contributed by atoms with van der Waals surface area (Å²) in [5, 5.41) is 8.90. The fourth-order valence-electron chi connectivity index (χ4n) is 2.99. The molecule has 0 saturated heterocycles. The molecule has 1 rings (SSSR count). The van der Waals surface area contributed by atoms with Gasteiger partial charge in [-0.2, -0.15) is 0 Å². The molecule has 9 nitrogen and oxygen atoms in total. The Labute approximate surface area is 216 Å². The minimum absolute atomic E-state index is 0.0671. The number of hydrogen-bond acceptors (Lipinski definition) is 7. The number of amides is 2. The van der Waals surface area contributed by atoms with E-state index in [0.29, 0.717) is 24.4 Å². The highest BCUT2D eigenvalue weighted by molar-refractivity contribution is 5.94. The molecule has 0 fully saturated rings. The minimum atomic E-state index is -0.672. The zero-order valence-electron chi connectivity index (χ0n) is 22.1. The number of hydrogen-bond donors (Lipinski definition) is 4. The van der Waals surface area contributed by atoms with Gasteiger partial charge in [-0.15, -0.1) is 0 Å². The maximum absolute atomic E-state index is 12.4. The second-order valence-corrected chi connectivity index (χ2v) is 8.62. The Balaban J connectivity index is 2.16. The van der Waals surface area contributed by atoms with Crippen LogP contribution in [0.3, 0.4) is 0 Å². The topological polar surface area (TPSA) is 124 Å². The summed E-state index contributed by atoms with van der Waals surface area (Å²) >= 11 is 0. The number of carbonyl (C=O) groups is 2. The van der Waals surface area contributed by atoms with Crippen LogP contribution >= 0.6 is 0 Å². The summed E-state index contributed by atoms with van der Waals surface area (Å²) in [5.74, 6) is 6.26. The van der Waals surface area contributed by atoms with Crippen molar-refractivity contribution in [2.75, 3.05) is 52.6 Å². The first-order valence-electron chi connectivity index (χ1n) is 12.8. The number of carbonyl (C=O) groups excluding carboxylic acids is 2. The van der Waals surface area contributed by atoms with Crippen molar-refractivity contribution in [3.8, 4) is 17.6 Å². The van der Waals surface area contributed by atoms with Crippen LogP contribution in [0.4, 0.5) is 0 Å². The zero-order chi connectivity index (χ0) is 26.4. The van der Waals surface area contributed by atoms with E-state index in [2.05, 4.69) is 34.7 Å². The van der Waals surface area contributed by atoms with Gasteiger partial charge in [0.1, 0.15) is 25.2 Å². The average molecular weight is 505 g/mol. The first-order valence-corrected chi connectivity index (χ1v) is 12.8. The Hall–Kier alpha value is -2.64. The molecule has 2 amide bonds. The van der Waals surface area contributed by atoms with E-state index in [0.717, 1.165) is 19.5 Å². The van der Waals surface area contributed by atoms with Gasteiger partial charge in [-0.3, -0.25) is 9.59 Å². The highest BCUT2D eigenvalue weighted by Crippen LogP contribution is 2.13. The van der Waals surface area contributed by atoms with E-state index < -0.39 is 6.23 Å². The summed E-state index contributed by atoms with van der Waals surface area (Å²) < 4.78 is 16.4. The lowest BCUT2D eigenvalue weighted by atomic mass is 10.2. The third-order valence-corrected chi connectivity index (χ3v) is 4.86. The number of nitrogens with one attached hydrogen (secondary N) is 3. The van der Waals surface area contributed by atoms with E-state index in [4.69, 9.17) is 19.9 Å². The predicted octanol–water partition coefficient (Wildman–Crippen LogP) is 2.06. The van der Waals surface area contributed by atoms with Gasteiger partial charge in [-0.25, -0.2) is 0 Å². The van der Waals surface area contributed by atoms with Crippen LogP contribution in [0.25, 0.3) is 0 Å². The molecule has 5 N–H and O–H groups in total. The molecule has 0 aliphatic heterocycles. The normalized spacial score (nSPS) is 11.5. The molecule has 1 unspecified atom stereocenters. The molecule has 0 saturated carbocycles. The van der Waals surface area contributed by atoms with Crippen LogP contribution in [0.15, 0.2) is 24.3 Å². The lowest BCUT2D eigenvalue weighted by molar-refractivity contribution is -0.126. The Morgan fingerprint density at radius 3 is 2.67 bits per heavy atom. The van der Waals surface area contributed by atoms with Gasteiger partial charge in [0.2, 0.25) is 5.91 Å². The van der Waals surface area contributed by atoms with E-state index in [1.165, 1.54) is 19.3 Å². The van der Waals surface area contributed by atoms with Crippen molar-refractivity contribution < 1.29 is 23.8 Å². The molecule has 36 heavy (non-hydrogen) atoms. The monoisotopic (exact) mass is 504 g/mol. The second kappa shape index (κ2) is 20.5. The van der Waals surface area contributed by atoms with Gasteiger partial charge in [0.15, 0.2) is 0 Å². The molecule has 0 aliphatic rings. The number of benzene rings is 1. The van der Waals surface area contributed by atoms with Gasteiger partial charge >= 0.3 is 0 Å². The van der Waals surface area contributed by atoms with Crippen molar-refractivity contribution in [1.82, 2.24) is 16.0 Å². The van der Waals surface area contributed by atoms with Crippen molar-refractivity contribution in [3.05, 3.63) is 29.8 Å². The quantitative estimate of drug-likeness (QED) is 0.129. The first-order chi connectivity index (χ1) is 17.4. The molecule has 1 aromatic rings. The predicted molar refractivity (Wildman–Crippen MR) is 142 cm³/mol. The second-order valence-electron chi connectivity index (χ2n) is 8.62. The van der Waals surface area contributed by atoms with E-state index in [-0.39, 0.29) is 44.2 Å². The maximum Gasteiger partial charge on any atom is 0.251 e. The van der Waals surface area contributed by atoms with Crippen LogP contribution in [0.1, 0.15) is 56.8 Å². The fourth-order valence-corrected chi connectivity index (χ4v) is 2.99. The van der Waals surface area contributed by atoms with E-state index in [1.807, 2.05) is 13.8 Å². The van der Waals surface area contributed by atoms with Crippen molar-refractivity contribution >= 4 is 11.8 Å². The molecule has 1 atom stereocenters. The summed E-state index contributed by atoms with van der Waals surface area (Å²) in [6.07, 6.45) is 4.21. The minimum Gasteiger partial charge on any atom is -0.489 e. The Kier molecular flexibility index (Phi) is 17.9. The molecule has 0 heterocycles. The standard InChI is InChI=1S/C27H44N4O5/c1-4-5-6-7-13-29-15-16-31-27(33)23-11-8-12-24(19-23)36-20-25(28)35-18-17-34-21-26(32)30-14-9-10-22(2)3/h8,11-12,19,22,25,29H,4-7,13-18,20-21,28H2,1-3H3,(H,30,32)(H,31,33). The molecular formula is C27H44N4O5. The van der Waals surface area contributed by atoms with E-state index in [9.17, 15) is 9.59 Å². The highest BCUT2D eigenvalue weighted by Gasteiger charge is 2.08. The summed E-state index contributed by atoms with van der Waals surface area (Å²) in [6.45, 7) is 9.23. The number of rotatable bonds is 19. The summed E-state index contributed by atoms with van der Waals surface area (Å²) in [6, 6.07) is 6.93. The Morgan fingerprint density at radius 1 is 1.06 bits per heavy atom. The summed E-state index contributed by atoms with van der Waals surface area (Å²) in [5.41, 5.74) is 6.44. The first kappa shape index (κ1) is 31.4. The molecule has 0 aromatic heterocycles. The van der Waals surface area contributed by atoms with Crippen molar-refractivity contribution in [2.45, 2.75) is 52.7 Å². The molecule has 0 radical (unpaired) electrons. The molecule has 0 aliphatic carbocycles. The van der Waals surface area contributed by atoms with Gasteiger partial charge < -0.3 is 35.9 Å². The highest BCUT2D eigenvalue weighted by atomic mass is 16.6. The lowest BCUT2D eigenvalue weighted by Gasteiger charge is -2.15.